The zero-order valence-corrected chi connectivity index (χ0v) is 13.3. The van der Waals surface area contributed by atoms with Gasteiger partial charge in [0.15, 0.2) is 0 Å². The smallest absolute Gasteiger partial charge is 0.127 e. The molecule has 21 heavy (non-hydrogen) atoms. The second-order valence-corrected chi connectivity index (χ2v) is 5.86. The molecule has 2 aromatic carbocycles. The molecule has 2 aromatic rings. The highest BCUT2D eigenvalue weighted by molar-refractivity contribution is 5.88. The van der Waals surface area contributed by atoms with Crippen LogP contribution in [0.1, 0.15) is 12.8 Å². The minimum atomic E-state index is 0.795. The summed E-state index contributed by atoms with van der Waals surface area (Å²) in [7, 11) is 4.41. The summed E-state index contributed by atoms with van der Waals surface area (Å²) in [6.07, 6.45) is 2.38. The quantitative estimate of drug-likeness (QED) is 0.654. The Kier molecular flexibility index (Phi) is 6.51. The van der Waals surface area contributed by atoms with Gasteiger partial charge in [0.25, 0.3) is 0 Å². The standard InChI is InChI=1S/C18H26N2O/c1-20(2)14-6-12-19-13-7-15-21-18-11-5-9-16-8-3-4-10-17(16)18/h3-5,8-11,19H,6-7,12-15H2,1-2H3/p+2. The summed E-state index contributed by atoms with van der Waals surface area (Å²) in [4.78, 5) is 1.53. The van der Waals surface area contributed by atoms with Crippen molar-refractivity contribution in [2.75, 3.05) is 40.3 Å². The minimum Gasteiger partial charge on any atom is -0.493 e. The van der Waals surface area contributed by atoms with Crippen molar-refractivity contribution in [2.45, 2.75) is 12.8 Å². The van der Waals surface area contributed by atoms with Gasteiger partial charge in [0.2, 0.25) is 0 Å². The van der Waals surface area contributed by atoms with Crippen molar-refractivity contribution in [3.05, 3.63) is 42.5 Å². The molecule has 0 atom stereocenters. The molecule has 0 aliphatic rings. The number of nitrogens with two attached hydrogens (primary N) is 1. The Balaban J connectivity index is 1.66. The topological polar surface area (TPSA) is 30.3 Å². The lowest BCUT2D eigenvalue weighted by Crippen LogP contribution is -3.06. The van der Waals surface area contributed by atoms with Gasteiger partial charge in [-0.05, 0) is 11.5 Å². The van der Waals surface area contributed by atoms with E-state index in [-0.39, 0.29) is 0 Å². The van der Waals surface area contributed by atoms with Crippen molar-refractivity contribution in [1.29, 1.82) is 0 Å². The molecule has 0 aliphatic heterocycles. The molecule has 0 saturated carbocycles. The molecule has 2 rings (SSSR count). The third-order valence-corrected chi connectivity index (χ3v) is 3.64. The van der Waals surface area contributed by atoms with Crippen LogP contribution in [0.4, 0.5) is 0 Å². The first-order chi connectivity index (χ1) is 10.3. The number of quaternary nitrogens is 2. The van der Waals surface area contributed by atoms with E-state index in [2.05, 4.69) is 61.9 Å². The summed E-state index contributed by atoms with van der Waals surface area (Å²) in [5, 5.41) is 4.85. The van der Waals surface area contributed by atoms with E-state index < -0.39 is 0 Å². The van der Waals surface area contributed by atoms with Crippen LogP contribution >= 0.6 is 0 Å². The number of rotatable bonds is 9. The summed E-state index contributed by atoms with van der Waals surface area (Å²) in [6, 6.07) is 14.6. The molecule has 0 fully saturated rings. The third kappa shape index (κ3) is 5.37. The van der Waals surface area contributed by atoms with Crippen molar-refractivity contribution in [2.24, 2.45) is 0 Å². The number of nitrogens with one attached hydrogen (secondary N) is 1. The SMILES string of the molecule is C[NH+](C)CCC[NH2+]CCCOc1cccc2ccccc12. The maximum Gasteiger partial charge on any atom is 0.127 e. The molecule has 114 valence electrons. The van der Waals surface area contributed by atoms with E-state index in [1.165, 1.54) is 35.2 Å². The maximum absolute atomic E-state index is 5.94. The van der Waals surface area contributed by atoms with Crippen LogP contribution in [0.3, 0.4) is 0 Å². The van der Waals surface area contributed by atoms with Crippen molar-refractivity contribution in [3.63, 3.8) is 0 Å². The van der Waals surface area contributed by atoms with Crippen LogP contribution in [0.5, 0.6) is 5.75 Å². The van der Waals surface area contributed by atoms with Crippen molar-refractivity contribution >= 4 is 10.8 Å². The van der Waals surface area contributed by atoms with E-state index in [0.29, 0.717) is 0 Å². The average Bonchev–Trinajstić information content (AvgIpc) is 2.50. The van der Waals surface area contributed by atoms with Gasteiger partial charge >= 0.3 is 0 Å². The molecule has 3 nitrogen and oxygen atoms in total. The molecule has 0 aromatic heterocycles. The van der Waals surface area contributed by atoms with E-state index in [4.69, 9.17) is 4.74 Å². The summed E-state index contributed by atoms with van der Waals surface area (Å²) in [6.45, 7) is 4.42. The Hall–Kier alpha value is -1.58. The number of hydrogen-bond acceptors (Lipinski definition) is 1. The summed E-state index contributed by atoms with van der Waals surface area (Å²) in [5.74, 6) is 1.00. The van der Waals surface area contributed by atoms with E-state index in [1.54, 1.807) is 0 Å². The van der Waals surface area contributed by atoms with Gasteiger partial charge in [-0.15, -0.1) is 0 Å². The molecule has 0 unspecified atom stereocenters. The normalized spacial score (nSPS) is 11.2. The van der Waals surface area contributed by atoms with Crippen LogP contribution in [0, 0.1) is 0 Å². The van der Waals surface area contributed by atoms with Crippen LogP contribution in [-0.4, -0.2) is 40.3 Å². The lowest BCUT2D eigenvalue weighted by molar-refractivity contribution is -0.860. The van der Waals surface area contributed by atoms with Crippen molar-refractivity contribution < 1.29 is 15.0 Å². The van der Waals surface area contributed by atoms with E-state index in [0.717, 1.165) is 25.3 Å². The van der Waals surface area contributed by atoms with E-state index in [1.807, 2.05) is 0 Å². The van der Waals surface area contributed by atoms with Gasteiger partial charge in [-0.1, -0.05) is 36.4 Å². The number of ether oxygens (including phenoxy) is 1. The first kappa shape index (κ1) is 15.8. The van der Waals surface area contributed by atoms with Gasteiger partial charge in [-0.25, -0.2) is 0 Å². The Labute approximate surface area is 127 Å². The Bertz CT molecular complexity index is 534. The summed E-state index contributed by atoms with van der Waals surface area (Å²) in [5.41, 5.74) is 0. The molecule has 0 radical (unpaired) electrons. The second kappa shape index (κ2) is 8.65. The van der Waals surface area contributed by atoms with Crippen LogP contribution in [0.15, 0.2) is 42.5 Å². The largest absolute Gasteiger partial charge is 0.493 e. The Morgan fingerprint density at radius 2 is 1.71 bits per heavy atom. The van der Waals surface area contributed by atoms with Gasteiger partial charge in [-0.3, -0.25) is 0 Å². The van der Waals surface area contributed by atoms with Crippen molar-refractivity contribution in [1.82, 2.24) is 0 Å². The lowest BCUT2D eigenvalue weighted by Gasteiger charge is -2.09. The van der Waals surface area contributed by atoms with Crippen LogP contribution < -0.4 is 15.0 Å². The monoisotopic (exact) mass is 288 g/mol. The molecule has 0 saturated heterocycles. The van der Waals surface area contributed by atoms with Crippen LogP contribution in [-0.2, 0) is 0 Å². The summed E-state index contributed by atoms with van der Waals surface area (Å²) < 4.78 is 5.94. The zero-order valence-electron chi connectivity index (χ0n) is 13.3. The zero-order chi connectivity index (χ0) is 14.9. The molecule has 0 amide bonds. The highest BCUT2D eigenvalue weighted by Crippen LogP contribution is 2.24. The molecule has 3 heteroatoms. The first-order valence-electron chi connectivity index (χ1n) is 7.98. The van der Waals surface area contributed by atoms with E-state index in [9.17, 15) is 0 Å². The molecule has 0 aliphatic carbocycles. The predicted molar refractivity (Wildman–Crippen MR) is 88.0 cm³/mol. The first-order valence-corrected chi connectivity index (χ1v) is 7.98. The van der Waals surface area contributed by atoms with Gasteiger partial charge in [0.05, 0.1) is 40.3 Å². The second-order valence-electron chi connectivity index (χ2n) is 5.86. The summed E-state index contributed by atoms with van der Waals surface area (Å²) >= 11 is 0. The lowest BCUT2D eigenvalue weighted by atomic mass is 10.1. The molecule has 0 heterocycles. The molecule has 0 spiro atoms. The molecule has 3 N–H and O–H groups in total. The van der Waals surface area contributed by atoms with Crippen LogP contribution in [0.2, 0.25) is 0 Å². The van der Waals surface area contributed by atoms with E-state index >= 15 is 0 Å². The Morgan fingerprint density at radius 1 is 0.952 bits per heavy atom. The van der Waals surface area contributed by atoms with Gasteiger partial charge in [-0.2, -0.15) is 0 Å². The fourth-order valence-electron chi connectivity index (χ4n) is 2.48. The highest BCUT2D eigenvalue weighted by atomic mass is 16.5. The number of hydrogen-bond donors (Lipinski definition) is 2. The molecular weight excluding hydrogens is 260 g/mol. The van der Waals surface area contributed by atoms with Gasteiger partial charge in [0, 0.05) is 18.2 Å². The van der Waals surface area contributed by atoms with Gasteiger partial charge in [0.1, 0.15) is 5.75 Å². The fourth-order valence-corrected chi connectivity index (χ4v) is 2.48. The fraction of sp³-hybridized carbons (Fsp3) is 0.444. The third-order valence-electron chi connectivity index (χ3n) is 3.64. The molecule has 0 bridgehead atoms. The Morgan fingerprint density at radius 3 is 2.57 bits per heavy atom. The maximum atomic E-state index is 5.94. The minimum absolute atomic E-state index is 0.795. The van der Waals surface area contributed by atoms with Crippen molar-refractivity contribution in [3.8, 4) is 5.75 Å². The number of benzene rings is 2. The number of fused-ring (bicyclic) bond motifs is 1. The average molecular weight is 288 g/mol. The molecular formula is C18H28N2O+2. The van der Waals surface area contributed by atoms with Gasteiger partial charge < -0.3 is 15.0 Å². The predicted octanol–water partition coefficient (Wildman–Crippen LogP) is 0.707. The highest BCUT2D eigenvalue weighted by Gasteiger charge is 2.01. The van der Waals surface area contributed by atoms with Crippen LogP contribution in [0.25, 0.3) is 10.8 Å².